The van der Waals surface area contributed by atoms with Crippen LogP contribution in [0, 0.1) is 0 Å². The van der Waals surface area contributed by atoms with Crippen molar-refractivity contribution in [2.24, 2.45) is 0 Å². The van der Waals surface area contributed by atoms with E-state index in [9.17, 15) is 18.0 Å². The van der Waals surface area contributed by atoms with Gasteiger partial charge in [0.1, 0.15) is 11.6 Å². The van der Waals surface area contributed by atoms with E-state index in [0.717, 1.165) is 12.3 Å². The maximum absolute atomic E-state index is 12.7. The molecule has 1 amide bonds. The molecule has 0 radical (unpaired) electrons. The number of aromatic nitrogens is 1. The van der Waals surface area contributed by atoms with E-state index in [4.69, 9.17) is 4.74 Å². The number of pyridine rings is 1. The number of methoxy groups -OCH3 is 1. The highest BCUT2D eigenvalue weighted by Crippen LogP contribution is 2.29. The van der Waals surface area contributed by atoms with Crippen molar-refractivity contribution in [3.05, 3.63) is 53.7 Å². The van der Waals surface area contributed by atoms with Gasteiger partial charge in [0.15, 0.2) is 0 Å². The molecular formula is C19H20F3N3O2. The largest absolute Gasteiger partial charge is 0.497 e. The Labute approximate surface area is 155 Å². The molecule has 8 heteroatoms. The number of anilines is 1. The summed E-state index contributed by atoms with van der Waals surface area (Å²) >= 11 is 0. The fourth-order valence-corrected chi connectivity index (χ4v) is 3.01. The summed E-state index contributed by atoms with van der Waals surface area (Å²) in [5.41, 5.74) is -0.186. The van der Waals surface area contributed by atoms with Gasteiger partial charge in [0.25, 0.3) is 5.91 Å². The van der Waals surface area contributed by atoms with Crippen molar-refractivity contribution >= 4 is 11.7 Å². The first-order valence-corrected chi connectivity index (χ1v) is 8.60. The summed E-state index contributed by atoms with van der Waals surface area (Å²) in [7, 11) is 1.56. The van der Waals surface area contributed by atoms with Gasteiger partial charge in [-0.25, -0.2) is 4.98 Å². The average Bonchev–Trinajstić information content (AvgIpc) is 2.93. The molecule has 144 valence electrons. The molecule has 0 aliphatic carbocycles. The van der Waals surface area contributed by atoms with E-state index in [1.165, 1.54) is 6.07 Å². The number of amides is 1. The molecule has 1 saturated heterocycles. The van der Waals surface area contributed by atoms with Gasteiger partial charge in [0.2, 0.25) is 0 Å². The number of alkyl halides is 3. The van der Waals surface area contributed by atoms with Gasteiger partial charge >= 0.3 is 6.18 Å². The minimum atomic E-state index is -4.40. The minimum absolute atomic E-state index is 0.0696. The maximum atomic E-state index is 12.7. The van der Waals surface area contributed by atoms with Crippen LogP contribution in [-0.4, -0.2) is 49.1 Å². The van der Waals surface area contributed by atoms with E-state index in [1.807, 2.05) is 4.90 Å². The highest BCUT2D eigenvalue weighted by Gasteiger charge is 2.31. The standard InChI is InChI=1S/C19H20F3N3O2/c1-27-16-6-3-14(4-7-16)18(26)25-10-2-9-24(11-12-25)17-8-5-15(13-23-17)19(20,21)22/h3-8,13H,2,9-12H2,1H3. The molecule has 2 aromatic rings. The zero-order valence-corrected chi connectivity index (χ0v) is 14.9. The maximum Gasteiger partial charge on any atom is 0.417 e. The van der Waals surface area contributed by atoms with Crippen LogP contribution in [-0.2, 0) is 6.18 Å². The Kier molecular flexibility index (Phi) is 5.53. The molecule has 5 nitrogen and oxygen atoms in total. The second-order valence-electron chi connectivity index (χ2n) is 6.26. The van der Waals surface area contributed by atoms with Crippen LogP contribution in [0.1, 0.15) is 22.3 Å². The Morgan fingerprint density at radius 3 is 2.37 bits per heavy atom. The minimum Gasteiger partial charge on any atom is -0.497 e. The number of hydrogen-bond donors (Lipinski definition) is 0. The second-order valence-corrected chi connectivity index (χ2v) is 6.26. The van der Waals surface area contributed by atoms with Crippen molar-refractivity contribution in [3.63, 3.8) is 0 Å². The third kappa shape index (κ3) is 4.50. The van der Waals surface area contributed by atoms with Crippen molar-refractivity contribution in [2.75, 3.05) is 38.2 Å². The molecule has 27 heavy (non-hydrogen) atoms. The number of ether oxygens (including phenoxy) is 1. The number of benzene rings is 1. The number of hydrogen-bond acceptors (Lipinski definition) is 4. The second kappa shape index (κ2) is 7.85. The van der Waals surface area contributed by atoms with Crippen LogP contribution in [0.15, 0.2) is 42.6 Å². The smallest absolute Gasteiger partial charge is 0.417 e. The van der Waals surface area contributed by atoms with Gasteiger partial charge in [-0.1, -0.05) is 0 Å². The lowest BCUT2D eigenvalue weighted by molar-refractivity contribution is -0.137. The summed E-state index contributed by atoms with van der Waals surface area (Å²) in [6, 6.07) is 9.34. The summed E-state index contributed by atoms with van der Waals surface area (Å²) in [5, 5.41) is 0. The van der Waals surface area contributed by atoms with E-state index >= 15 is 0 Å². The molecule has 1 aromatic heterocycles. The summed E-state index contributed by atoms with van der Waals surface area (Å²) in [4.78, 5) is 20.3. The molecule has 0 atom stereocenters. The van der Waals surface area contributed by atoms with Gasteiger partial charge in [-0.2, -0.15) is 13.2 Å². The molecule has 1 aromatic carbocycles. The highest BCUT2D eigenvalue weighted by molar-refractivity contribution is 5.94. The van der Waals surface area contributed by atoms with Crippen LogP contribution in [0.5, 0.6) is 5.75 Å². The average molecular weight is 379 g/mol. The SMILES string of the molecule is COc1ccc(C(=O)N2CCCN(c3ccc(C(F)(F)F)cn3)CC2)cc1. The monoisotopic (exact) mass is 379 g/mol. The molecule has 0 saturated carbocycles. The molecule has 1 aliphatic rings. The fourth-order valence-electron chi connectivity index (χ4n) is 3.01. The van der Waals surface area contributed by atoms with Gasteiger partial charge in [-0.05, 0) is 42.8 Å². The van der Waals surface area contributed by atoms with Crippen LogP contribution < -0.4 is 9.64 Å². The third-order valence-corrected chi connectivity index (χ3v) is 4.52. The number of carbonyl (C=O) groups is 1. The molecule has 2 heterocycles. The lowest BCUT2D eigenvalue weighted by Crippen LogP contribution is -2.35. The molecule has 0 spiro atoms. The van der Waals surface area contributed by atoms with E-state index in [0.29, 0.717) is 49.7 Å². The zero-order chi connectivity index (χ0) is 19.4. The molecule has 1 fully saturated rings. The number of rotatable bonds is 3. The summed E-state index contributed by atoms with van der Waals surface area (Å²) < 4.78 is 43.1. The molecule has 0 unspecified atom stereocenters. The first-order chi connectivity index (χ1) is 12.9. The Morgan fingerprint density at radius 1 is 1.04 bits per heavy atom. The third-order valence-electron chi connectivity index (χ3n) is 4.52. The van der Waals surface area contributed by atoms with E-state index in [-0.39, 0.29) is 5.91 Å². The van der Waals surface area contributed by atoms with Crippen molar-refractivity contribution in [1.29, 1.82) is 0 Å². The van der Waals surface area contributed by atoms with E-state index < -0.39 is 11.7 Å². The Morgan fingerprint density at radius 2 is 1.78 bits per heavy atom. The zero-order valence-electron chi connectivity index (χ0n) is 14.9. The Balaban J connectivity index is 1.65. The van der Waals surface area contributed by atoms with Crippen molar-refractivity contribution < 1.29 is 22.7 Å². The fraction of sp³-hybridized carbons (Fsp3) is 0.368. The van der Waals surface area contributed by atoms with Gasteiger partial charge < -0.3 is 14.5 Å². The number of nitrogens with zero attached hydrogens (tertiary/aromatic N) is 3. The lowest BCUT2D eigenvalue weighted by Gasteiger charge is -2.23. The first-order valence-electron chi connectivity index (χ1n) is 8.60. The molecule has 3 rings (SSSR count). The van der Waals surface area contributed by atoms with Crippen LogP contribution in [0.2, 0.25) is 0 Å². The number of carbonyl (C=O) groups excluding carboxylic acids is 1. The van der Waals surface area contributed by atoms with Crippen LogP contribution in [0.4, 0.5) is 19.0 Å². The van der Waals surface area contributed by atoms with Gasteiger partial charge in [0, 0.05) is 37.9 Å². The molecule has 1 aliphatic heterocycles. The predicted molar refractivity (Wildman–Crippen MR) is 95.0 cm³/mol. The topological polar surface area (TPSA) is 45.7 Å². The normalized spacial score (nSPS) is 15.4. The Bertz CT molecular complexity index is 776. The van der Waals surface area contributed by atoms with Crippen molar-refractivity contribution in [1.82, 2.24) is 9.88 Å². The van der Waals surface area contributed by atoms with Gasteiger partial charge in [-0.15, -0.1) is 0 Å². The quantitative estimate of drug-likeness (QED) is 0.819. The molecular weight excluding hydrogens is 359 g/mol. The molecule has 0 N–H and O–H groups in total. The van der Waals surface area contributed by atoms with Gasteiger partial charge in [-0.3, -0.25) is 4.79 Å². The first kappa shape index (κ1) is 19.0. The lowest BCUT2D eigenvalue weighted by atomic mass is 10.2. The van der Waals surface area contributed by atoms with Crippen molar-refractivity contribution in [2.45, 2.75) is 12.6 Å². The van der Waals surface area contributed by atoms with Crippen molar-refractivity contribution in [3.8, 4) is 5.75 Å². The van der Waals surface area contributed by atoms with Crippen LogP contribution in [0.25, 0.3) is 0 Å². The Hall–Kier alpha value is -2.77. The van der Waals surface area contributed by atoms with E-state index in [2.05, 4.69) is 4.98 Å². The van der Waals surface area contributed by atoms with Gasteiger partial charge in [0.05, 0.1) is 12.7 Å². The predicted octanol–water partition coefficient (Wildman–Crippen LogP) is 3.46. The van der Waals surface area contributed by atoms with Crippen LogP contribution in [0.3, 0.4) is 0 Å². The molecule has 0 bridgehead atoms. The summed E-state index contributed by atoms with van der Waals surface area (Å²) in [5.74, 6) is 1.10. The van der Waals surface area contributed by atoms with Crippen LogP contribution >= 0.6 is 0 Å². The van der Waals surface area contributed by atoms with E-state index in [1.54, 1.807) is 36.3 Å². The highest BCUT2D eigenvalue weighted by atomic mass is 19.4. The summed E-state index contributed by atoms with van der Waals surface area (Å²) in [6.45, 7) is 2.21. The summed E-state index contributed by atoms with van der Waals surface area (Å²) in [6.07, 6.45) is -2.84. The number of halogens is 3.